The van der Waals surface area contributed by atoms with Crippen LogP contribution in [0.5, 0.6) is 0 Å². The first-order valence-corrected chi connectivity index (χ1v) is 5.45. The molecule has 0 bridgehead atoms. The van der Waals surface area contributed by atoms with E-state index in [-0.39, 0.29) is 0 Å². The lowest BCUT2D eigenvalue weighted by Gasteiger charge is -2.29. The molecule has 0 saturated carbocycles. The van der Waals surface area contributed by atoms with Gasteiger partial charge in [0.25, 0.3) is 0 Å². The van der Waals surface area contributed by atoms with Gasteiger partial charge in [0.05, 0.1) is 11.6 Å². The summed E-state index contributed by atoms with van der Waals surface area (Å²) in [6.45, 7) is 4.15. The molecule has 92 valence electrons. The average Bonchev–Trinajstić information content (AvgIpc) is 2.66. The van der Waals surface area contributed by atoms with Gasteiger partial charge >= 0.3 is 5.76 Å². The van der Waals surface area contributed by atoms with Crippen LogP contribution in [0.4, 0.5) is 0 Å². The van der Waals surface area contributed by atoms with Crippen LogP contribution in [-0.2, 0) is 0 Å². The Morgan fingerprint density at radius 3 is 2.88 bits per heavy atom. The quantitative estimate of drug-likeness (QED) is 0.745. The fourth-order valence-electron chi connectivity index (χ4n) is 1.70. The first kappa shape index (κ1) is 11.9. The van der Waals surface area contributed by atoms with Crippen molar-refractivity contribution in [2.45, 2.75) is 20.0 Å². The summed E-state index contributed by atoms with van der Waals surface area (Å²) in [5, 5.41) is 10.2. The Balaban J connectivity index is 2.45. The number of hydrogen-bond acceptors (Lipinski definition) is 4. The van der Waals surface area contributed by atoms with Crippen LogP contribution in [0.1, 0.15) is 25.5 Å². The SMILES string of the molecule is CC(C)(CN)C(O)c1ccc2oc(=O)[nH]c2c1. The van der Waals surface area contributed by atoms with Crippen LogP contribution in [0.25, 0.3) is 11.1 Å². The number of benzene rings is 1. The number of fused-ring (bicyclic) bond motifs is 1. The van der Waals surface area contributed by atoms with Crippen LogP contribution in [0.2, 0.25) is 0 Å². The molecule has 1 heterocycles. The molecule has 2 aromatic rings. The summed E-state index contributed by atoms with van der Waals surface area (Å²) in [7, 11) is 0. The van der Waals surface area contributed by atoms with Crippen LogP contribution < -0.4 is 11.5 Å². The maximum atomic E-state index is 11.0. The van der Waals surface area contributed by atoms with E-state index in [1.54, 1.807) is 18.2 Å². The van der Waals surface area contributed by atoms with Crippen molar-refractivity contribution in [3.05, 3.63) is 34.3 Å². The molecule has 0 spiro atoms. The highest BCUT2D eigenvalue weighted by Crippen LogP contribution is 2.33. The molecule has 0 radical (unpaired) electrons. The van der Waals surface area contributed by atoms with Crippen molar-refractivity contribution in [2.75, 3.05) is 6.54 Å². The van der Waals surface area contributed by atoms with Crippen molar-refractivity contribution in [3.63, 3.8) is 0 Å². The maximum Gasteiger partial charge on any atom is 0.417 e. The molecule has 1 unspecified atom stereocenters. The molecule has 0 fully saturated rings. The van der Waals surface area contributed by atoms with E-state index in [9.17, 15) is 9.90 Å². The van der Waals surface area contributed by atoms with Gasteiger partial charge in [-0.2, -0.15) is 0 Å². The third kappa shape index (κ3) is 2.11. The van der Waals surface area contributed by atoms with Crippen molar-refractivity contribution < 1.29 is 9.52 Å². The van der Waals surface area contributed by atoms with E-state index >= 15 is 0 Å². The summed E-state index contributed by atoms with van der Waals surface area (Å²) < 4.78 is 4.90. The van der Waals surface area contributed by atoms with Gasteiger partial charge in [-0.15, -0.1) is 0 Å². The van der Waals surface area contributed by atoms with Gasteiger partial charge in [0.2, 0.25) is 0 Å². The molecule has 0 saturated heterocycles. The molecular weight excluding hydrogens is 220 g/mol. The molecule has 1 aromatic carbocycles. The largest absolute Gasteiger partial charge is 0.417 e. The fraction of sp³-hybridized carbons (Fsp3) is 0.417. The van der Waals surface area contributed by atoms with Crippen LogP contribution in [0.3, 0.4) is 0 Å². The molecule has 0 amide bonds. The highest BCUT2D eigenvalue weighted by Gasteiger charge is 2.27. The molecule has 17 heavy (non-hydrogen) atoms. The van der Waals surface area contributed by atoms with Gasteiger partial charge in [-0.3, -0.25) is 4.98 Å². The Morgan fingerprint density at radius 2 is 2.24 bits per heavy atom. The van der Waals surface area contributed by atoms with Gasteiger partial charge in [-0.05, 0) is 17.7 Å². The van der Waals surface area contributed by atoms with Crippen molar-refractivity contribution >= 4 is 11.1 Å². The minimum absolute atomic E-state index is 0.369. The van der Waals surface area contributed by atoms with Gasteiger partial charge in [0.15, 0.2) is 5.58 Å². The molecule has 1 atom stereocenters. The molecule has 0 aliphatic heterocycles. The maximum absolute atomic E-state index is 11.0. The number of H-pyrrole nitrogens is 1. The van der Waals surface area contributed by atoms with Gasteiger partial charge < -0.3 is 15.3 Å². The van der Waals surface area contributed by atoms with Crippen molar-refractivity contribution in [1.29, 1.82) is 0 Å². The molecule has 2 rings (SSSR count). The second kappa shape index (κ2) is 4.01. The summed E-state index contributed by atoms with van der Waals surface area (Å²) in [5.74, 6) is -0.496. The monoisotopic (exact) mass is 236 g/mol. The molecule has 5 nitrogen and oxygen atoms in total. The van der Waals surface area contributed by atoms with Gasteiger partial charge in [0.1, 0.15) is 0 Å². The highest BCUT2D eigenvalue weighted by atomic mass is 16.4. The third-order valence-electron chi connectivity index (χ3n) is 3.03. The summed E-state index contributed by atoms with van der Waals surface area (Å²) >= 11 is 0. The van der Waals surface area contributed by atoms with Crippen LogP contribution in [0, 0.1) is 5.41 Å². The molecule has 5 heteroatoms. The minimum atomic E-state index is -0.685. The van der Waals surface area contributed by atoms with Gasteiger partial charge in [0, 0.05) is 12.0 Å². The van der Waals surface area contributed by atoms with Crippen molar-refractivity contribution in [2.24, 2.45) is 11.1 Å². The Morgan fingerprint density at radius 1 is 1.53 bits per heavy atom. The first-order chi connectivity index (χ1) is 7.94. The first-order valence-electron chi connectivity index (χ1n) is 5.45. The second-order valence-corrected chi connectivity index (χ2v) is 4.87. The number of hydrogen-bond donors (Lipinski definition) is 3. The zero-order chi connectivity index (χ0) is 12.6. The lowest BCUT2D eigenvalue weighted by atomic mass is 9.83. The Bertz CT molecular complexity index is 583. The summed E-state index contributed by atoms with van der Waals surface area (Å²) in [6.07, 6.45) is -0.685. The number of aliphatic hydroxyl groups excluding tert-OH is 1. The molecule has 4 N–H and O–H groups in total. The van der Waals surface area contributed by atoms with E-state index in [2.05, 4.69) is 4.98 Å². The highest BCUT2D eigenvalue weighted by molar-refractivity contribution is 5.72. The minimum Gasteiger partial charge on any atom is -0.408 e. The molecule has 1 aromatic heterocycles. The van der Waals surface area contributed by atoms with Crippen LogP contribution in [0.15, 0.2) is 27.4 Å². The van der Waals surface area contributed by atoms with E-state index in [0.29, 0.717) is 23.2 Å². The second-order valence-electron chi connectivity index (χ2n) is 4.87. The number of aliphatic hydroxyl groups is 1. The smallest absolute Gasteiger partial charge is 0.408 e. The topological polar surface area (TPSA) is 92.2 Å². The normalized spacial score (nSPS) is 14.1. The Hall–Kier alpha value is -1.59. The van der Waals surface area contributed by atoms with E-state index in [1.807, 2.05) is 13.8 Å². The molecule has 0 aliphatic carbocycles. The predicted octanol–water partition coefficient (Wildman–Crippen LogP) is 1.14. The van der Waals surface area contributed by atoms with Gasteiger partial charge in [-0.1, -0.05) is 19.9 Å². The number of aromatic amines is 1. The van der Waals surface area contributed by atoms with Gasteiger partial charge in [-0.25, -0.2) is 4.79 Å². The predicted molar refractivity (Wildman–Crippen MR) is 64.6 cm³/mol. The lowest BCUT2D eigenvalue weighted by molar-refractivity contribution is 0.0556. The van der Waals surface area contributed by atoms with E-state index in [1.165, 1.54) is 0 Å². The van der Waals surface area contributed by atoms with E-state index in [4.69, 9.17) is 10.2 Å². The van der Waals surface area contributed by atoms with Crippen LogP contribution >= 0.6 is 0 Å². The van der Waals surface area contributed by atoms with E-state index < -0.39 is 17.3 Å². The third-order valence-corrected chi connectivity index (χ3v) is 3.03. The van der Waals surface area contributed by atoms with Crippen molar-refractivity contribution in [3.8, 4) is 0 Å². The lowest BCUT2D eigenvalue weighted by Crippen LogP contribution is -2.30. The van der Waals surface area contributed by atoms with Crippen molar-refractivity contribution in [1.82, 2.24) is 4.98 Å². The average molecular weight is 236 g/mol. The number of nitrogens with one attached hydrogen (secondary N) is 1. The number of oxazole rings is 1. The summed E-state index contributed by atoms with van der Waals surface area (Å²) in [4.78, 5) is 13.6. The molecule has 0 aliphatic rings. The Kier molecular flexibility index (Phi) is 2.81. The van der Waals surface area contributed by atoms with E-state index in [0.717, 1.165) is 0 Å². The summed E-state index contributed by atoms with van der Waals surface area (Å²) in [5.41, 5.74) is 6.98. The number of nitrogens with two attached hydrogens (primary N) is 1. The Labute approximate surface area is 98.2 Å². The number of rotatable bonds is 3. The zero-order valence-electron chi connectivity index (χ0n) is 9.86. The van der Waals surface area contributed by atoms with Crippen LogP contribution in [-0.4, -0.2) is 16.6 Å². The number of aromatic nitrogens is 1. The summed E-state index contributed by atoms with van der Waals surface area (Å²) in [6, 6.07) is 5.11. The fourth-order valence-corrected chi connectivity index (χ4v) is 1.70. The standard InChI is InChI=1S/C12H16N2O3/c1-12(2,6-13)10(15)7-3-4-9-8(5-7)14-11(16)17-9/h3-5,10,15H,6,13H2,1-2H3,(H,14,16). The zero-order valence-corrected chi connectivity index (χ0v) is 9.86. The molecular formula is C12H16N2O3.